The Morgan fingerprint density at radius 3 is 2.52 bits per heavy atom. The zero-order chi connectivity index (χ0) is 52.1. The first-order valence-electron chi connectivity index (χ1n) is 25.4. The Balaban J connectivity index is 1.11. The van der Waals surface area contributed by atoms with Crippen LogP contribution in [0.3, 0.4) is 0 Å². The molecule has 0 aliphatic carbocycles. The van der Waals surface area contributed by atoms with Gasteiger partial charge in [0.25, 0.3) is 17.4 Å². The first-order chi connectivity index (χ1) is 34.8. The van der Waals surface area contributed by atoms with Gasteiger partial charge in [-0.3, -0.25) is 34.0 Å². The van der Waals surface area contributed by atoms with Crippen LogP contribution < -0.4 is 15.6 Å². The lowest BCUT2D eigenvalue weighted by atomic mass is 9.84. The number of fused-ring (bicyclic) bond motifs is 6. The van der Waals surface area contributed by atoms with Gasteiger partial charge in [0.15, 0.2) is 0 Å². The Labute approximate surface area is 433 Å². The Bertz CT molecular complexity index is 2780. The molecule has 21 heteroatoms. The number of amides is 4. The third-order valence-corrected chi connectivity index (χ3v) is 16.4. The van der Waals surface area contributed by atoms with E-state index >= 15 is 4.39 Å². The number of rotatable bonds is 10. The molecule has 2 N–H and O–H groups in total. The van der Waals surface area contributed by atoms with Gasteiger partial charge < -0.3 is 38.8 Å². The summed E-state index contributed by atoms with van der Waals surface area (Å²) in [5.41, 5.74) is 4.78. The van der Waals surface area contributed by atoms with Crippen LogP contribution in [0, 0.1) is 22.6 Å². The van der Waals surface area contributed by atoms with Gasteiger partial charge in [0.1, 0.15) is 23.9 Å². The Kier molecular flexibility index (Phi) is 15.2. The molecule has 73 heavy (non-hydrogen) atoms. The van der Waals surface area contributed by atoms with Crippen molar-refractivity contribution in [3.05, 3.63) is 51.9 Å². The lowest BCUT2D eigenvalue weighted by Crippen LogP contribution is -2.62. The molecule has 17 nitrogen and oxygen atoms in total. The molecule has 4 aromatic rings. The van der Waals surface area contributed by atoms with Gasteiger partial charge in [-0.15, -0.1) is 11.3 Å². The zero-order valence-electron chi connectivity index (χ0n) is 42.6. The van der Waals surface area contributed by atoms with Crippen LogP contribution in [0.4, 0.5) is 14.5 Å². The van der Waals surface area contributed by atoms with Gasteiger partial charge in [0, 0.05) is 86.7 Å². The van der Waals surface area contributed by atoms with E-state index in [2.05, 4.69) is 26.3 Å². The van der Waals surface area contributed by atoms with E-state index in [9.17, 15) is 28.4 Å². The predicted molar refractivity (Wildman–Crippen MR) is 272 cm³/mol. The first kappa shape index (κ1) is 52.6. The highest BCUT2D eigenvalue weighted by molar-refractivity contribution is 7.10. The maximum atomic E-state index is 16.9. The van der Waals surface area contributed by atoms with Crippen LogP contribution in [0.2, 0.25) is 0 Å². The molecule has 4 amide bonds. The van der Waals surface area contributed by atoms with Gasteiger partial charge in [0.05, 0.1) is 70.8 Å². The van der Waals surface area contributed by atoms with Gasteiger partial charge in [0.2, 0.25) is 11.8 Å². The number of nitrogens with one attached hydrogen (secondary N) is 2. The van der Waals surface area contributed by atoms with E-state index in [-0.39, 0.29) is 50.7 Å². The third kappa shape index (κ3) is 10.3. The largest absolute Gasteiger partial charge is 0.464 e. The first-order valence-corrected chi connectivity index (χ1v) is 26.7. The van der Waals surface area contributed by atoms with E-state index in [0.29, 0.717) is 81.2 Å². The summed E-state index contributed by atoms with van der Waals surface area (Å²) in [5.74, 6) is -3.75. The fourth-order valence-corrected chi connectivity index (χ4v) is 12.4. The molecule has 4 fully saturated rings. The molecule has 394 valence electrons. The minimum Gasteiger partial charge on any atom is -0.464 e. The second-order valence-electron chi connectivity index (χ2n) is 21.2. The van der Waals surface area contributed by atoms with Crippen molar-refractivity contribution in [3.8, 4) is 22.5 Å². The monoisotopic (exact) mass is 1050 g/mol. The molecule has 1 spiro atoms. The number of cyclic esters (lactones) is 1. The summed E-state index contributed by atoms with van der Waals surface area (Å²) in [6.45, 7) is 15.3. The van der Waals surface area contributed by atoms with Crippen LogP contribution in [-0.4, -0.2) is 149 Å². The maximum Gasteiger partial charge on any atom is 0.324 e. The van der Waals surface area contributed by atoms with Crippen molar-refractivity contribution in [1.29, 1.82) is 0 Å². The van der Waals surface area contributed by atoms with Gasteiger partial charge in [-0.2, -0.15) is 0 Å². The van der Waals surface area contributed by atoms with Crippen molar-refractivity contribution in [3.63, 3.8) is 0 Å². The summed E-state index contributed by atoms with van der Waals surface area (Å²) < 4.78 is 50.6. The summed E-state index contributed by atoms with van der Waals surface area (Å²) in [5, 5.41) is 7.30. The zero-order valence-corrected chi connectivity index (χ0v) is 44.2. The number of hydrazine groups is 1. The number of ether oxygens (including phenoxy) is 3. The van der Waals surface area contributed by atoms with Crippen LogP contribution in [0.15, 0.2) is 29.8 Å². The SMILES string of the molecule is CCn1c(-c2cc(N3CCOCC3)cnc2[C@H](C)OC)c2c3cc(c(F)cc31)-c1csc(n1)C[C@H](NC(=O)[C@H](C(C)C)N1CC[C@@]3(CCN(C(=O)[C@H](F)Cl)C3)C1=O)C(=O)N1CCC[C@H](N1)C(=O)OCC(C)(C)C2. The quantitative estimate of drug-likeness (QED) is 0.136. The Hall–Kier alpha value is -5.28. The summed E-state index contributed by atoms with van der Waals surface area (Å²) in [4.78, 5) is 85.2. The Morgan fingerprint density at radius 1 is 1.05 bits per heavy atom. The fraction of sp³-hybridized carbons (Fsp3) is 0.596. The van der Waals surface area contributed by atoms with E-state index in [0.717, 1.165) is 33.6 Å². The number of anilines is 1. The molecule has 9 rings (SSSR count). The highest BCUT2D eigenvalue weighted by atomic mass is 35.5. The number of carbonyl (C=O) groups is 5. The summed E-state index contributed by atoms with van der Waals surface area (Å²) in [6, 6.07) is 2.42. The van der Waals surface area contributed by atoms with Crippen molar-refractivity contribution < 1.29 is 47.0 Å². The number of likely N-dealkylation sites (tertiary alicyclic amines) is 2. The number of aromatic nitrogens is 3. The highest BCUT2D eigenvalue weighted by Crippen LogP contribution is 2.45. The topological polar surface area (TPSA) is 181 Å². The fourth-order valence-electron chi connectivity index (χ4n) is 11.4. The minimum absolute atomic E-state index is 0.00824. The second kappa shape index (κ2) is 21.2. The number of aryl methyl sites for hydroxylation is 1. The van der Waals surface area contributed by atoms with Crippen LogP contribution in [-0.2, 0) is 57.6 Å². The average molecular weight is 1050 g/mol. The number of pyridine rings is 1. The molecule has 8 heterocycles. The van der Waals surface area contributed by atoms with Gasteiger partial charge in [-0.05, 0) is 75.6 Å². The normalized spacial score (nSPS) is 24.1. The predicted octanol–water partition coefficient (Wildman–Crippen LogP) is 6.19. The van der Waals surface area contributed by atoms with E-state index in [1.165, 1.54) is 26.1 Å². The number of alkyl halides is 2. The smallest absolute Gasteiger partial charge is 0.324 e. The molecule has 5 aliphatic rings. The molecule has 0 radical (unpaired) electrons. The van der Waals surface area contributed by atoms with Crippen LogP contribution in [0.5, 0.6) is 0 Å². The number of nitrogens with zero attached hydrogens (tertiary/aromatic N) is 7. The van der Waals surface area contributed by atoms with Gasteiger partial charge in [-0.25, -0.2) is 19.2 Å². The molecule has 6 bridgehead atoms. The molecular weight excluding hydrogens is 984 g/mol. The van der Waals surface area contributed by atoms with Crippen LogP contribution >= 0.6 is 22.9 Å². The lowest BCUT2D eigenvalue weighted by Gasteiger charge is -2.36. The summed E-state index contributed by atoms with van der Waals surface area (Å²) in [6.07, 6.45) is 3.34. The number of hydrogen-bond donors (Lipinski definition) is 2. The number of carbonyl (C=O) groups excluding carboxylic acids is 5. The maximum absolute atomic E-state index is 16.9. The number of halogens is 3. The summed E-state index contributed by atoms with van der Waals surface area (Å²) in [7, 11) is 1.65. The molecule has 1 aromatic carbocycles. The van der Waals surface area contributed by atoms with Gasteiger partial charge in [-0.1, -0.05) is 39.3 Å². The molecule has 0 unspecified atom stereocenters. The Morgan fingerprint density at radius 2 is 1.81 bits per heavy atom. The van der Waals surface area contributed by atoms with Crippen molar-refractivity contribution in [1.82, 2.24) is 40.1 Å². The van der Waals surface area contributed by atoms with Crippen molar-refractivity contribution in [2.75, 3.05) is 71.1 Å². The number of hydrogen-bond acceptors (Lipinski definition) is 13. The number of esters is 1. The van der Waals surface area contributed by atoms with Crippen molar-refractivity contribution >= 4 is 69.1 Å². The minimum atomic E-state index is -2.22. The van der Waals surface area contributed by atoms with Crippen LogP contribution in [0.25, 0.3) is 33.4 Å². The number of thiazole rings is 1. The molecule has 0 saturated carbocycles. The van der Waals surface area contributed by atoms with E-state index in [1.54, 1.807) is 18.6 Å². The van der Waals surface area contributed by atoms with Crippen molar-refractivity contribution in [2.45, 2.75) is 116 Å². The van der Waals surface area contributed by atoms with Gasteiger partial charge >= 0.3 is 5.97 Å². The number of benzene rings is 1. The molecule has 6 atom stereocenters. The lowest BCUT2D eigenvalue weighted by molar-refractivity contribution is -0.155. The van der Waals surface area contributed by atoms with E-state index in [4.69, 9.17) is 35.8 Å². The highest BCUT2D eigenvalue weighted by Gasteiger charge is 2.55. The van der Waals surface area contributed by atoms with Crippen LogP contribution in [0.1, 0.15) is 89.6 Å². The van der Waals surface area contributed by atoms with Crippen molar-refractivity contribution in [2.24, 2.45) is 16.7 Å². The molecular formula is C52H66ClF2N9O8S. The second-order valence-corrected chi connectivity index (χ2v) is 22.5. The van der Waals surface area contributed by atoms with E-state index < -0.39 is 76.1 Å². The number of morpholine rings is 1. The number of methoxy groups -OCH3 is 1. The summed E-state index contributed by atoms with van der Waals surface area (Å²) >= 11 is 6.71. The molecule has 3 aromatic heterocycles. The molecule has 5 aliphatic heterocycles. The third-order valence-electron chi connectivity index (χ3n) is 15.3. The standard InChI is InChI=1S/C52H66ClF2N9O8S/c1-8-62-40-22-36(54)33-21-32(40)35(44(62)34-20-31(60-16-18-71-19-17-60)25-56-42(34)30(4)70-7)24-51(5,6)28-72-49(68)37-10-9-13-64(59-37)47(66)38(23-41-57-39(33)26-73-41)58-46(65)43(29(2)3)63-15-12-52(50(63)69)11-14-61(27-52)48(67)45(53)55/h20-22,25-26,29-30,37-38,43,45,59H,8-19,23-24,27-28H2,1-7H3,(H,58,65)/t30-,37-,38-,43-,45-,52+/m0/s1. The molecule has 4 saturated heterocycles. The average Bonchev–Trinajstić information content (AvgIpc) is 4.17. The van der Waals surface area contributed by atoms with E-state index in [1.807, 2.05) is 53.8 Å².